The number of aromatic amines is 1. The minimum Gasteiger partial charge on any atom is -0.379 e. The normalized spacial score (nSPS) is 15.0. The summed E-state index contributed by atoms with van der Waals surface area (Å²) in [5.74, 6) is -0.439. The van der Waals surface area contributed by atoms with E-state index in [4.69, 9.17) is 16.3 Å². The van der Waals surface area contributed by atoms with Gasteiger partial charge in [-0.2, -0.15) is 4.31 Å². The van der Waals surface area contributed by atoms with Crippen LogP contribution in [0.5, 0.6) is 0 Å². The molecule has 2 aromatic rings. The highest BCUT2D eigenvalue weighted by molar-refractivity contribution is 7.99. The van der Waals surface area contributed by atoms with Crippen molar-refractivity contribution in [2.75, 3.05) is 37.4 Å². The van der Waals surface area contributed by atoms with E-state index in [0.717, 1.165) is 18.2 Å². The van der Waals surface area contributed by atoms with Gasteiger partial charge in [-0.25, -0.2) is 13.4 Å². The van der Waals surface area contributed by atoms with Crippen molar-refractivity contribution in [1.82, 2.24) is 14.3 Å². The SMILES string of the molecule is CCCc1cc(=O)[nH]c(SCC(=O)Nc2cc(S(=O)(=O)N3CCOCC3)ccc2Cl)n1. The molecule has 31 heavy (non-hydrogen) atoms. The van der Waals surface area contributed by atoms with E-state index in [1.54, 1.807) is 0 Å². The molecule has 168 valence electrons. The van der Waals surface area contributed by atoms with Gasteiger partial charge in [-0.1, -0.05) is 36.7 Å². The quantitative estimate of drug-likeness (QED) is 0.433. The van der Waals surface area contributed by atoms with Gasteiger partial charge in [0.2, 0.25) is 15.9 Å². The van der Waals surface area contributed by atoms with Crippen LogP contribution in [-0.4, -0.2) is 60.7 Å². The van der Waals surface area contributed by atoms with E-state index in [1.807, 2.05) is 6.92 Å². The summed E-state index contributed by atoms with van der Waals surface area (Å²) in [7, 11) is -3.72. The van der Waals surface area contributed by atoms with Gasteiger partial charge in [-0.3, -0.25) is 9.59 Å². The number of thioether (sulfide) groups is 1. The number of carbonyl (C=O) groups excluding carboxylic acids is 1. The fourth-order valence-corrected chi connectivity index (χ4v) is 5.25. The molecule has 1 aromatic heterocycles. The molecule has 1 amide bonds. The van der Waals surface area contributed by atoms with Crippen molar-refractivity contribution in [3.8, 4) is 0 Å². The van der Waals surface area contributed by atoms with E-state index in [2.05, 4.69) is 15.3 Å². The van der Waals surface area contributed by atoms with E-state index in [9.17, 15) is 18.0 Å². The molecule has 0 saturated carbocycles. The lowest BCUT2D eigenvalue weighted by Crippen LogP contribution is -2.40. The van der Waals surface area contributed by atoms with Crippen molar-refractivity contribution < 1.29 is 17.9 Å². The number of aryl methyl sites for hydroxylation is 1. The zero-order chi connectivity index (χ0) is 22.4. The molecule has 9 nitrogen and oxygen atoms in total. The lowest BCUT2D eigenvalue weighted by Gasteiger charge is -2.26. The van der Waals surface area contributed by atoms with Crippen LogP contribution in [0.25, 0.3) is 0 Å². The van der Waals surface area contributed by atoms with Crippen molar-refractivity contribution in [2.45, 2.75) is 29.8 Å². The molecule has 1 aliphatic heterocycles. The monoisotopic (exact) mass is 486 g/mol. The third-order valence-electron chi connectivity index (χ3n) is 4.44. The van der Waals surface area contributed by atoms with E-state index in [1.165, 1.54) is 28.6 Å². The predicted octanol–water partition coefficient (Wildman–Crippen LogP) is 2.13. The summed E-state index contributed by atoms with van der Waals surface area (Å²) < 4.78 is 32.2. The van der Waals surface area contributed by atoms with Crippen LogP contribution in [0.15, 0.2) is 39.1 Å². The first-order valence-electron chi connectivity index (χ1n) is 9.70. The van der Waals surface area contributed by atoms with Gasteiger partial charge >= 0.3 is 0 Å². The zero-order valence-corrected chi connectivity index (χ0v) is 19.3. The average Bonchev–Trinajstić information content (AvgIpc) is 2.74. The summed E-state index contributed by atoms with van der Waals surface area (Å²) in [6.07, 6.45) is 1.52. The molecule has 0 unspecified atom stereocenters. The standard InChI is InChI=1S/C19H23ClN4O5S2/c1-2-3-13-10-17(25)23-19(21-13)30-12-18(26)22-16-11-14(4-5-15(16)20)31(27,28)24-6-8-29-9-7-24/h4-5,10-11H,2-3,6-9,12H2,1H3,(H,22,26)(H,21,23,25). The number of ether oxygens (including phenoxy) is 1. The van der Waals surface area contributed by atoms with Gasteiger partial charge in [0.1, 0.15) is 0 Å². The Labute approximate surface area is 189 Å². The highest BCUT2D eigenvalue weighted by Crippen LogP contribution is 2.27. The van der Waals surface area contributed by atoms with Crippen LogP contribution in [0.3, 0.4) is 0 Å². The number of sulfonamides is 1. The number of hydrogen-bond acceptors (Lipinski definition) is 7. The number of nitrogens with zero attached hydrogens (tertiary/aromatic N) is 2. The Hall–Kier alpha value is -1.92. The van der Waals surface area contributed by atoms with E-state index in [0.29, 0.717) is 30.5 Å². The molecular formula is C19H23ClN4O5S2. The minimum atomic E-state index is -3.72. The Balaban J connectivity index is 1.69. The molecular weight excluding hydrogens is 464 g/mol. The molecule has 12 heteroatoms. The number of benzene rings is 1. The maximum Gasteiger partial charge on any atom is 0.251 e. The maximum atomic E-state index is 12.8. The van der Waals surface area contributed by atoms with Crippen LogP contribution < -0.4 is 10.9 Å². The number of rotatable bonds is 8. The molecule has 0 radical (unpaired) electrons. The molecule has 1 aromatic carbocycles. The number of amides is 1. The maximum absolute atomic E-state index is 12.8. The number of hydrogen-bond donors (Lipinski definition) is 2. The van der Waals surface area contributed by atoms with Gasteiger partial charge < -0.3 is 15.0 Å². The molecule has 3 rings (SSSR count). The molecule has 1 aliphatic rings. The first kappa shape index (κ1) is 23.7. The second kappa shape index (κ2) is 10.6. The van der Waals surface area contributed by atoms with Gasteiger partial charge in [0, 0.05) is 24.8 Å². The third-order valence-corrected chi connectivity index (χ3v) is 7.54. The van der Waals surface area contributed by atoms with E-state index >= 15 is 0 Å². The Kier molecular flexibility index (Phi) is 8.11. The zero-order valence-electron chi connectivity index (χ0n) is 16.9. The molecule has 2 N–H and O–H groups in total. The van der Waals surface area contributed by atoms with Crippen LogP contribution in [0.1, 0.15) is 19.0 Å². The van der Waals surface area contributed by atoms with Crippen molar-refractivity contribution >= 4 is 45.0 Å². The van der Waals surface area contributed by atoms with E-state index < -0.39 is 15.9 Å². The Bertz CT molecular complexity index is 1100. The van der Waals surface area contributed by atoms with Crippen LogP contribution >= 0.6 is 23.4 Å². The molecule has 1 fully saturated rings. The van der Waals surface area contributed by atoms with Gasteiger partial charge in [-0.05, 0) is 24.6 Å². The molecule has 0 atom stereocenters. The summed E-state index contributed by atoms with van der Waals surface area (Å²) >= 11 is 7.24. The van der Waals surface area contributed by atoms with E-state index in [-0.39, 0.29) is 40.0 Å². The largest absolute Gasteiger partial charge is 0.379 e. The summed E-state index contributed by atoms with van der Waals surface area (Å²) in [5.41, 5.74) is 0.589. The number of anilines is 1. The van der Waals surface area contributed by atoms with Crippen LogP contribution in [0, 0.1) is 0 Å². The average molecular weight is 487 g/mol. The molecule has 2 heterocycles. The smallest absolute Gasteiger partial charge is 0.251 e. The lowest BCUT2D eigenvalue weighted by atomic mass is 10.2. The number of halogens is 1. The van der Waals surface area contributed by atoms with Gasteiger partial charge in [-0.15, -0.1) is 0 Å². The Morgan fingerprint density at radius 3 is 2.77 bits per heavy atom. The second-order valence-corrected chi connectivity index (χ2v) is 10.1. The van der Waals surface area contributed by atoms with Crippen LogP contribution in [0.4, 0.5) is 5.69 Å². The first-order valence-corrected chi connectivity index (χ1v) is 12.5. The number of nitrogens with one attached hydrogen (secondary N) is 2. The molecule has 0 aliphatic carbocycles. The number of morpholine rings is 1. The first-order chi connectivity index (χ1) is 14.8. The fraction of sp³-hybridized carbons (Fsp3) is 0.421. The second-order valence-electron chi connectivity index (χ2n) is 6.79. The Morgan fingerprint density at radius 2 is 2.06 bits per heavy atom. The summed E-state index contributed by atoms with van der Waals surface area (Å²) in [4.78, 5) is 31.1. The number of aromatic nitrogens is 2. The molecule has 0 spiro atoms. The van der Waals surface area contributed by atoms with Crippen molar-refractivity contribution in [3.63, 3.8) is 0 Å². The van der Waals surface area contributed by atoms with Gasteiger partial charge in [0.25, 0.3) is 5.56 Å². The van der Waals surface area contributed by atoms with Gasteiger partial charge in [0.05, 0.1) is 34.6 Å². The molecule has 0 bridgehead atoms. The molecule has 1 saturated heterocycles. The van der Waals surface area contributed by atoms with Crippen LogP contribution in [0.2, 0.25) is 5.02 Å². The topological polar surface area (TPSA) is 121 Å². The highest BCUT2D eigenvalue weighted by Gasteiger charge is 2.27. The minimum absolute atomic E-state index is 0.0325. The summed E-state index contributed by atoms with van der Waals surface area (Å²) in [5, 5.41) is 3.20. The van der Waals surface area contributed by atoms with Gasteiger partial charge in [0.15, 0.2) is 5.16 Å². The van der Waals surface area contributed by atoms with Crippen molar-refractivity contribution in [2.24, 2.45) is 0 Å². The van der Waals surface area contributed by atoms with Crippen molar-refractivity contribution in [3.05, 3.63) is 45.3 Å². The number of H-pyrrole nitrogens is 1. The van der Waals surface area contributed by atoms with Crippen molar-refractivity contribution in [1.29, 1.82) is 0 Å². The number of carbonyl (C=O) groups is 1. The summed E-state index contributed by atoms with van der Waals surface area (Å²) in [6, 6.07) is 5.63. The van der Waals surface area contributed by atoms with Crippen LogP contribution in [-0.2, 0) is 26.0 Å². The highest BCUT2D eigenvalue weighted by atomic mass is 35.5. The summed E-state index contributed by atoms with van der Waals surface area (Å²) in [6.45, 7) is 3.20. The predicted molar refractivity (Wildman–Crippen MR) is 119 cm³/mol. The Morgan fingerprint density at radius 1 is 1.32 bits per heavy atom. The fourth-order valence-electron chi connectivity index (χ4n) is 2.95. The third kappa shape index (κ3) is 6.30. The lowest BCUT2D eigenvalue weighted by molar-refractivity contribution is -0.113.